The molecule has 24 heavy (non-hydrogen) atoms. The van der Waals surface area contributed by atoms with E-state index in [9.17, 15) is 8.42 Å². The second-order valence-electron chi connectivity index (χ2n) is 7.28. The summed E-state index contributed by atoms with van der Waals surface area (Å²) in [5, 5.41) is 9.16. The molecule has 0 radical (unpaired) electrons. The van der Waals surface area contributed by atoms with Crippen LogP contribution in [0.15, 0.2) is 23.1 Å². The number of hydrogen-bond donors (Lipinski definition) is 1. The summed E-state index contributed by atoms with van der Waals surface area (Å²) in [5.41, 5.74) is 1.11. The van der Waals surface area contributed by atoms with Gasteiger partial charge in [0.25, 0.3) is 0 Å². The van der Waals surface area contributed by atoms with E-state index in [0.29, 0.717) is 17.4 Å². The predicted molar refractivity (Wildman–Crippen MR) is 94.3 cm³/mol. The monoisotopic (exact) mass is 347 g/mol. The summed E-state index contributed by atoms with van der Waals surface area (Å²) in [7, 11) is -3.64. The van der Waals surface area contributed by atoms with Crippen LogP contribution in [-0.4, -0.2) is 27.5 Å². The zero-order valence-electron chi connectivity index (χ0n) is 14.3. The van der Waals surface area contributed by atoms with Crippen molar-refractivity contribution in [3.05, 3.63) is 23.8 Å². The standard InChI is InChI=1S/C18H25N3O2S/c1-13(2)20-24(22,23)18-9-14(10-19)7-8-17(18)21-11-15-5-3-4-6-16(15)12-21/h7-9,13,15-16,20H,3-6,11-12H2,1-2H3/t15-,16+. The Labute approximate surface area is 144 Å². The second-order valence-corrected chi connectivity index (χ2v) is 8.96. The molecule has 1 N–H and O–H groups in total. The summed E-state index contributed by atoms with van der Waals surface area (Å²) >= 11 is 0. The van der Waals surface area contributed by atoms with E-state index in [2.05, 4.69) is 9.62 Å². The zero-order valence-corrected chi connectivity index (χ0v) is 15.1. The van der Waals surface area contributed by atoms with Crippen molar-refractivity contribution in [1.29, 1.82) is 5.26 Å². The summed E-state index contributed by atoms with van der Waals surface area (Å²) in [6, 6.07) is 6.88. The number of hydrogen-bond acceptors (Lipinski definition) is 4. The van der Waals surface area contributed by atoms with Crippen molar-refractivity contribution in [3.63, 3.8) is 0 Å². The van der Waals surface area contributed by atoms with E-state index in [0.717, 1.165) is 18.8 Å². The van der Waals surface area contributed by atoms with Gasteiger partial charge in [0.05, 0.1) is 17.3 Å². The van der Waals surface area contributed by atoms with Crippen molar-refractivity contribution < 1.29 is 8.42 Å². The normalized spacial score (nSPS) is 24.0. The first kappa shape index (κ1) is 17.2. The quantitative estimate of drug-likeness (QED) is 0.909. The lowest BCUT2D eigenvalue weighted by Gasteiger charge is -2.23. The maximum atomic E-state index is 12.8. The molecular formula is C18H25N3O2S. The van der Waals surface area contributed by atoms with Crippen LogP contribution in [0.1, 0.15) is 45.1 Å². The number of nitrogens with zero attached hydrogens (tertiary/aromatic N) is 2. The van der Waals surface area contributed by atoms with Crippen LogP contribution in [-0.2, 0) is 10.0 Å². The number of nitrogens with one attached hydrogen (secondary N) is 1. The molecular weight excluding hydrogens is 322 g/mol. The van der Waals surface area contributed by atoms with Gasteiger partial charge in [-0.25, -0.2) is 13.1 Å². The Morgan fingerprint density at radius 2 is 1.83 bits per heavy atom. The van der Waals surface area contributed by atoms with Gasteiger partial charge in [0.2, 0.25) is 10.0 Å². The lowest BCUT2D eigenvalue weighted by Crippen LogP contribution is -2.32. The van der Waals surface area contributed by atoms with Gasteiger partial charge in [-0.15, -0.1) is 0 Å². The first-order chi connectivity index (χ1) is 11.4. The van der Waals surface area contributed by atoms with Crippen LogP contribution in [0.2, 0.25) is 0 Å². The molecule has 2 aliphatic rings. The van der Waals surface area contributed by atoms with E-state index >= 15 is 0 Å². The molecule has 1 aliphatic carbocycles. The SMILES string of the molecule is CC(C)NS(=O)(=O)c1cc(C#N)ccc1N1C[C@H]2CCCC[C@H]2C1. The summed E-state index contributed by atoms with van der Waals surface area (Å²) in [6.45, 7) is 5.44. The molecule has 0 spiro atoms. The minimum atomic E-state index is -3.64. The number of benzene rings is 1. The van der Waals surface area contributed by atoms with Crippen LogP contribution in [0.25, 0.3) is 0 Å². The van der Waals surface area contributed by atoms with Crippen LogP contribution in [0.5, 0.6) is 0 Å². The molecule has 0 aromatic heterocycles. The average Bonchev–Trinajstić information content (AvgIpc) is 2.97. The summed E-state index contributed by atoms with van der Waals surface area (Å²) in [4.78, 5) is 2.44. The molecule has 130 valence electrons. The van der Waals surface area contributed by atoms with Crippen molar-refractivity contribution in [2.24, 2.45) is 11.8 Å². The van der Waals surface area contributed by atoms with E-state index in [-0.39, 0.29) is 10.9 Å². The highest BCUT2D eigenvalue weighted by atomic mass is 32.2. The molecule has 1 saturated heterocycles. The lowest BCUT2D eigenvalue weighted by molar-refractivity contribution is 0.299. The van der Waals surface area contributed by atoms with Crippen LogP contribution in [0, 0.1) is 23.2 Å². The molecule has 1 saturated carbocycles. The van der Waals surface area contributed by atoms with Gasteiger partial charge in [-0.3, -0.25) is 0 Å². The van der Waals surface area contributed by atoms with E-state index in [1.807, 2.05) is 6.07 Å². The Kier molecular flexibility index (Phi) is 4.84. The fourth-order valence-corrected chi connectivity index (χ4v) is 5.54. The van der Waals surface area contributed by atoms with Crippen molar-refractivity contribution in [2.75, 3.05) is 18.0 Å². The molecule has 3 rings (SSSR count). The van der Waals surface area contributed by atoms with Gasteiger partial charge in [0.1, 0.15) is 4.90 Å². The van der Waals surface area contributed by atoms with E-state index in [1.165, 1.54) is 31.7 Å². The summed E-state index contributed by atoms with van der Waals surface area (Å²) in [5.74, 6) is 1.34. The highest BCUT2D eigenvalue weighted by Crippen LogP contribution is 2.39. The Morgan fingerprint density at radius 3 is 2.38 bits per heavy atom. The molecule has 5 nitrogen and oxygen atoms in total. The average molecular weight is 347 g/mol. The van der Waals surface area contributed by atoms with E-state index in [1.54, 1.807) is 26.0 Å². The molecule has 1 aliphatic heterocycles. The number of rotatable bonds is 4. The first-order valence-corrected chi connectivity index (χ1v) is 10.2. The molecule has 0 bridgehead atoms. The lowest BCUT2D eigenvalue weighted by atomic mass is 9.82. The number of nitriles is 1. The fourth-order valence-electron chi connectivity index (χ4n) is 4.04. The molecule has 1 aromatic rings. The van der Waals surface area contributed by atoms with Gasteiger partial charge in [-0.1, -0.05) is 12.8 Å². The minimum Gasteiger partial charge on any atom is -0.370 e. The minimum absolute atomic E-state index is 0.185. The van der Waals surface area contributed by atoms with Crippen molar-refractivity contribution in [1.82, 2.24) is 4.72 Å². The van der Waals surface area contributed by atoms with Gasteiger partial charge >= 0.3 is 0 Å². The molecule has 0 unspecified atom stereocenters. The Bertz CT molecular complexity index is 738. The highest BCUT2D eigenvalue weighted by Gasteiger charge is 2.36. The number of fused-ring (bicyclic) bond motifs is 1. The summed E-state index contributed by atoms with van der Waals surface area (Å²) in [6.07, 6.45) is 5.04. The summed E-state index contributed by atoms with van der Waals surface area (Å²) < 4.78 is 28.2. The molecule has 1 heterocycles. The maximum absolute atomic E-state index is 12.8. The third kappa shape index (κ3) is 3.42. The third-order valence-corrected chi connectivity index (χ3v) is 6.77. The topological polar surface area (TPSA) is 73.2 Å². The molecule has 6 heteroatoms. The third-order valence-electron chi connectivity index (χ3n) is 5.09. The highest BCUT2D eigenvalue weighted by molar-refractivity contribution is 7.89. The first-order valence-electron chi connectivity index (χ1n) is 8.72. The molecule has 1 aromatic carbocycles. The van der Waals surface area contributed by atoms with Crippen LogP contribution in [0.3, 0.4) is 0 Å². The van der Waals surface area contributed by atoms with Gasteiger partial charge in [-0.05, 0) is 56.7 Å². The smallest absolute Gasteiger partial charge is 0.242 e. The van der Waals surface area contributed by atoms with E-state index in [4.69, 9.17) is 5.26 Å². The predicted octanol–water partition coefficient (Wildman–Crippen LogP) is 2.87. The largest absolute Gasteiger partial charge is 0.370 e. The Balaban J connectivity index is 1.97. The van der Waals surface area contributed by atoms with Crippen LogP contribution in [0.4, 0.5) is 5.69 Å². The molecule has 2 fully saturated rings. The number of anilines is 1. The van der Waals surface area contributed by atoms with Gasteiger partial charge in [0.15, 0.2) is 0 Å². The molecule has 2 atom stereocenters. The van der Waals surface area contributed by atoms with Gasteiger partial charge < -0.3 is 4.90 Å². The maximum Gasteiger partial charge on any atom is 0.242 e. The number of sulfonamides is 1. The Morgan fingerprint density at radius 1 is 1.21 bits per heavy atom. The van der Waals surface area contributed by atoms with Crippen molar-refractivity contribution in [3.8, 4) is 6.07 Å². The van der Waals surface area contributed by atoms with Crippen molar-refractivity contribution in [2.45, 2.75) is 50.5 Å². The van der Waals surface area contributed by atoms with Gasteiger partial charge in [0, 0.05) is 19.1 Å². The van der Waals surface area contributed by atoms with Gasteiger partial charge in [-0.2, -0.15) is 5.26 Å². The van der Waals surface area contributed by atoms with E-state index < -0.39 is 10.0 Å². The molecule has 0 amide bonds. The second kappa shape index (κ2) is 6.73. The van der Waals surface area contributed by atoms with Crippen molar-refractivity contribution >= 4 is 15.7 Å². The fraction of sp³-hybridized carbons (Fsp3) is 0.611. The zero-order chi connectivity index (χ0) is 17.3. The van der Waals surface area contributed by atoms with Crippen LogP contribution >= 0.6 is 0 Å². The van der Waals surface area contributed by atoms with Crippen LogP contribution < -0.4 is 9.62 Å². The Hall–Kier alpha value is -1.58.